The van der Waals surface area contributed by atoms with Gasteiger partial charge in [-0.05, 0) is 43.4 Å². The predicted octanol–water partition coefficient (Wildman–Crippen LogP) is 1.83. The first-order chi connectivity index (χ1) is 14.1. The Bertz CT molecular complexity index is 737. The highest BCUT2D eigenvalue weighted by atomic mass is 16.2. The molecule has 5 N–H and O–H groups in total. The van der Waals surface area contributed by atoms with Gasteiger partial charge < -0.3 is 21.7 Å². The first-order valence-electron chi connectivity index (χ1n) is 10.2. The van der Waals surface area contributed by atoms with Gasteiger partial charge in [-0.2, -0.15) is 0 Å². The summed E-state index contributed by atoms with van der Waals surface area (Å²) in [5, 5.41) is 2.91. The lowest BCUT2D eigenvalue weighted by Crippen LogP contribution is -2.47. The molecule has 0 unspecified atom stereocenters. The molecule has 2 aromatic rings. The lowest BCUT2D eigenvalue weighted by molar-refractivity contribution is -0.137. The minimum absolute atomic E-state index is 0.00457. The molecule has 2 amide bonds. The Labute approximate surface area is 173 Å². The van der Waals surface area contributed by atoms with E-state index < -0.39 is 6.04 Å². The minimum atomic E-state index is -0.645. The maximum absolute atomic E-state index is 12.8. The molecule has 6 heteroatoms. The molecule has 0 fully saturated rings. The van der Waals surface area contributed by atoms with Crippen molar-refractivity contribution in [3.05, 3.63) is 71.8 Å². The molecule has 0 aromatic heterocycles. The van der Waals surface area contributed by atoms with Gasteiger partial charge in [0.1, 0.15) is 0 Å². The van der Waals surface area contributed by atoms with E-state index in [4.69, 9.17) is 11.5 Å². The Morgan fingerprint density at radius 2 is 1.55 bits per heavy atom. The highest BCUT2D eigenvalue weighted by Crippen LogP contribution is 2.08. The number of nitrogens with zero attached hydrogens (tertiary/aromatic N) is 1. The van der Waals surface area contributed by atoms with Gasteiger partial charge in [0, 0.05) is 13.1 Å². The molecule has 29 heavy (non-hydrogen) atoms. The summed E-state index contributed by atoms with van der Waals surface area (Å²) < 4.78 is 0. The molecule has 0 bridgehead atoms. The summed E-state index contributed by atoms with van der Waals surface area (Å²) in [6, 6.07) is 19.1. The zero-order chi connectivity index (χ0) is 20.9. The lowest BCUT2D eigenvalue weighted by Gasteiger charge is -2.25. The molecule has 0 spiro atoms. The molecule has 2 aromatic carbocycles. The molecule has 156 valence electrons. The fraction of sp³-hybridized carbons (Fsp3) is 0.391. The number of benzene rings is 2. The first-order valence-corrected chi connectivity index (χ1v) is 10.2. The third kappa shape index (κ3) is 8.46. The Morgan fingerprint density at radius 3 is 2.17 bits per heavy atom. The number of carbonyl (C=O) groups is 2. The van der Waals surface area contributed by atoms with E-state index in [2.05, 4.69) is 17.4 Å². The average Bonchev–Trinajstić information content (AvgIpc) is 2.75. The molecule has 2 rings (SSSR count). The molecule has 0 aliphatic carbocycles. The second-order valence-electron chi connectivity index (χ2n) is 7.16. The molecule has 6 nitrogen and oxygen atoms in total. The zero-order valence-corrected chi connectivity index (χ0v) is 16.9. The van der Waals surface area contributed by atoms with Crippen molar-refractivity contribution in [2.24, 2.45) is 11.5 Å². The van der Waals surface area contributed by atoms with Gasteiger partial charge in [-0.15, -0.1) is 0 Å². The van der Waals surface area contributed by atoms with Crippen LogP contribution in [0, 0.1) is 0 Å². The number of aryl methyl sites for hydroxylation is 1. The van der Waals surface area contributed by atoms with Crippen molar-refractivity contribution in [1.29, 1.82) is 0 Å². The molecule has 1 atom stereocenters. The van der Waals surface area contributed by atoms with Gasteiger partial charge in [-0.25, -0.2) is 0 Å². The summed E-state index contributed by atoms with van der Waals surface area (Å²) in [6.45, 7) is 1.41. The van der Waals surface area contributed by atoms with E-state index in [0.29, 0.717) is 32.5 Å². The standard InChI is InChI=1S/C23H32N4O2/c24-15-7-14-21(25)23(29)27(17-20-11-5-2-6-12-20)18-22(28)26-16-8-13-19-9-3-1-4-10-19/h1-6,9-12,21H,7-8,13-18,24-25H2,(H,26,28)/t21-/m1/s1. The summed E-state index contributed by atoms with van der Waals surface area (Å²) in [7, 11) is 0. The summed E-state index contributed by atoms with van der Waals surface area (Å²) in [5.41, 5.74) is 13.8. The van der Waals surface area contributed by atoms with E-state index in [1.807, 2.05) is 48.5 Å². The third-order valence-electron chi connectivity index (χ3n) is 4.71. The topological polar surface area (TPSA) is 101 Å². The van der Waals surface area contributed by atoms with Gasteiger partial charge in [0.25, 0.3) is 0 Å². The van der Waals surface area contributed by atoms with Crippen molar-refractivity contribution in [2.45, 2.75) is 38.3 Å². The Hall–Kier alpha value is -2.70. The zero-order valence-electron chi connectivity index (χ0n) is 16.9. The van der Waals surface area contributed by atoms with Crippen LogP contribution in [-0.2, 0) is 22.6 Å². The molecule has 0 heterocycles. The van der Waals surface area contributed by atoms with Gasteiger partial charge in [0.2, 0.25) is 11.8 Å². The van der Waals surface area contributed by atoms with Crippen LogP contribution in [0.4, 0.5) is 0 Å². The summed E-state index contributed by atoms with van der Waals surface area (Å²) in [5.74, 6) is -0.393. The second kappa shape index (κ2) is 12.7. The summed E-state index contributed by atoms with van der Waals surface area (Å²) in [6.07, 6.45) is 2.94. The number of hydrogen-bond acceptors (Lipinski definition) is 4. The summed E-state index contributed by atoms with van der Waals surface area (Å²) >= 11 is 0. The Kier molecular flexibility index (Phi) is 9.89. The number of nitrogens with one attached hydrogen (secondary N) is 1. The van der Waals surface area contributed by atoms with Crippen LogP contribution in [0.2, 0.25) is 0 Å². The van der Waals surface area contributed by atoms with Crippen molar-refractivity contribution in [1.82, 2.24) is 10.2 Å². The maximum Gasteiger partial charge on any atom is 0.240 e. The largest absolute Gasteiger partial charge is 0.355 e. The van der Waals surface area contributed by atoms with E-state index >= 15 is 0 Å². The van der Waals surface area contributed by atoms with Crippen LogP contribution in [0.15, 0.2) is 60.7 Å². The monoisotopic (exact) mass is 396 g/mol. The second-order valence-corrected chi connectivity index (χ2v) is 7.16. The average molecular weight is 397 g/mol. The Morgan fingerprint density at radius 1 is 0.931 bits per heavy atom. The Balaban J connectivity index is 1.87. The van der Waals surface area contributed by atoms with Crippen molar-refractivity contribution < 1.29 is 9.59 Å². The molecule has 0 saturated heterocycles. The number of rotatable bonds is 12. The van der Waals surface area contributed by atoms with Crippen molar-refractivity contribution in [3.63, 3.8) is 0 Å². The highest BCUT2D eigenvalue weighted by Gasteiger charge is 2.23. The highest BCUT2D eigenvalue weighted by molar-refractivity contribution is 5.87. The van der Waals surface area contributed by atoms with Gasteiger partial charge >= 0.3 is 0 Å². The number of nitrogens with two attached hydrogens (primary N) is 2. The van der Waals surface area contributed by atoms with Crippen LogP contribution >= 0.6 is 0 Å². The van der Waals surface area contributed by atoms with E-state index in [0.717, 1.165) is 18.4 Å². The van der Waals surface area contributed by atoms with Gasteiger partial charge in [-0.1, -0.05) is 60.7 Å². The van der Waals surface area contributed by atoms with Gasteiger partial charge in [0.05, 0.1) is 12.6 Å². The van der Waals surface area contributed by atoms with E-state index in [1.54, 1.807) is 0 Å². The van der Waals surface area contributed by atoms with Crippen molar-refractivity contribution >= 4 is 11.8 Å². The molecular weight excluding hydrogens is 364 g/mol. The van der Waals surface area contributed by atoms with Crippen LogP contribution in [0.25, 0.3) is 0 Å². The predicted molar refractivity (Wildman–Crippen MR) is 116 cm³/mol. The van der Waals surface area contributed by atoms with E-state index in [1.165, 1.54) is 10.5 Å². The van der Waals surface area contributed by atoms with Crippen LogP contribution in [0.3, 0.4) is 0 Å². The van der Waals surface area contributed by atoms with Crippen molar-refractivity contribution in [2.75, 3.05) is 19.6 Å². The summed E-state index contributed by atoms with van der Waals surface area (Å²) in [4.78, 5) is 26.7. The van der Waals surface area contributed by atoms with Gasteiger partial charge in [-0.3, -0.25) is 9.59 Å². The molecule has 0 saturated carbocycles. The van der Waals surface area contributed by atoms with Crippen LogP contribution in [-0.4, -0.2) is 42.4 Å². The minimum Gasteiger partial charge on any atom is -0.355 e. The van der Waals surface area contributed by atoms with Gasteiger partial charge in [0.15, 0.2) is 0 Å². The lowest BCUT2D eigenvalue weighted by atomic mass is 10.1. The number of amides is 2. The van der Waals surface area contributed by atoms with Crippen molar-refractivity contribution in [3.8, 4) is 0 Å². The molecule has 0 radical (unpaired) electrons. The fourth-order valence-electron chi connectivity index (χ4n) is 3.11. The van der Waals surface area contributed by atoms with Crippen LogP contribution in [0.5, 0.6) is 0 Å². The van der Waals surface area contributed by atoms with E-state index in [9.17, 15) is 9.59 Å². The first kappa shape index (κ1) is 22.6. The third-order valence-corrected chi connectivity index (χ3v) is 4.71. The maximum atomic E-state index is 12.8. The molecule has 0 aliphatic heterocycles. The SMILES string of the molecule is NCCC[C@@H](N)C(=O)N(CC(=O)NCCCc1ccccc1)Cc1ccccc1. The van der Waals surface area contributed by atoms with Crippen LogP contribution in [0.1, 0.15) is 30.4 Å². The van der Waals surface area contributed by atoms with E-state index in [-0.39, 0.29) is 18.4 Å². The smallest absolute Gasteiger partial charge is 0.240 e. The molecular formula is C23H32N4O2. The number of carbonyl (C=O) groups excluding carboxylic acids is 2. The number of hydrogen-bond donors (Lipinski definition) is 3. The normalized spacial score (nSPS) is 11.7. The quantitative estimate of drug-likeness (QED) is 0.476. The molecule has 0 aliphatic rings. The fourth-order valence-corrected chi connectivity index (χ4v) is 3.11. The van der Waals surface area contributed by atoms with Crippen LogP contribution < -0.4 is 16.8 Å².